The van der Waals surface area contributed by atoms with Crippen molar-refractivity contribution in [1.29, 1.82) is 0 Å². The number of hydrogen-bond acceptors (Lipinski definition) is 9. The highest BCUT2D eigenvalue weighted by atomic mass is 35.5. The van der Waals surface area contributed by atoms with Gasteiger partial charge in [-0.15, -0.1) is 5.10 Å². The summed E-state index contributed by atoms with van der Waals surface area (Å²) in [6.45, 7) is 8.46. The quantitative estimate of drug-likeness (QED) is 0.175. The largest absolute Gasteiger partial charge is 0.323 e. The molecule has 0 aliphatic carbocycles. The first-order valence-electron chi connectivity index (χ1n) is 15.5. The molecule has 0 unspecified atom stereocenters. The summed E-state index contributed by atoms with van der Waals surface area (Å²) < 4.78 is 3.66. The summed E-state index contributed by atoms with van der Waals surface area (Å²) >= 11 is 5.92. The van der Waals surface area contributed by atoms with E-state index in [4.69, 9.17) is 16.6 Å². The molecular weight excluding hydrogens is 610 g/mol. The molecule has 0 amide bonds. The van der Waals surface area contributed by atoms with Crippen molar-refractivity contribution < 1.29 is 0 Å². The van der Waals surface area contributed by atoms with Crippen LogP contribution in [-0.2, 0) is 26.9 Å². The van der Waals surface area contributed by atoms with Crippen LogP contribution in [0.25, 0.3) is 44.3 Å². The average Bonchev–Trinajstić information content (AvgIpc) is 3.66. The minimum absolute atomic E-state index is 0.389. The minimum Gasteiger partial charge on any atom is -0.323 e. The van der Waals surface area contributed by atoms with Gasteiger partial charge in [0.25, 0.3) is 0 Å². The van der Waals surface area contributed by atoms with Gasteiger partial charge in [-0.2, -0.15) is 15.3 Å². The van der Waals surface area contributed by atoms with Gasteiger partial charge in [-0.05, 0) is 66.8 Å². The molecule has 0 fully saturated rings. The highest BCUT2D eigenvalue weighted by molar-refractivity contribution is 6.29. The molecule has 238 valence electrons. The van der Waals surface area contributed by atoms with E-state index in [0.717, 1.165) is 74.1 Å². The first kappa shape index (κ1) is 31.7. The molecular formula is C35H36ClN11. The molecule has 7 aromatic heterocycles. The molecule has 12 heteroatoms. The van der Waals surface area contributed by atoms with E-state index in [1.807, 2.05) is 78.6 Å². The highest BCUT2D eigenvalue weighted by Crippen LogP contribution is 2.27. The summed E-state index contributed by atoms with van der Waals surface area (Å²) in [6, 6.07) is 13.5. The standard InChI is InChI=1S/C21H23N7.C14H13ClN4/c1-5-17-16(12-28(4)27-17)15-8-19-18(22-10-15)6-7-20(24-19)25-21-9-14(13(2)3)11-23-26-21;1-3-11-10(8-19(2)18-11)9-6-13-12(16-7-9)4-5-14(15)17-13/h6-13H,5H2,1-4H3,(H,24,25,26);4-8H,3H2,1-2H3. The summed E-state index contributed by atoms with van der Waals surface area (Å²) in [4.78, 5) is 18.0. The molecule has 47 heavy (non-hydrogen) atoms. The summed E-state index contributed by atoms with van der Waals surface area (Å²) in [5, 5.41) is 20.9. The Morgan fingerprint density at radius 1 is 0.702 bits per heavy atom. The molecule has 0 atom stereocenters. The third kappa shape index (κ3) is 7.10. The van der Waals surface area contributed by atoms with Crippen LogP contribution in [0.4, 0.5) is 11.6 Å². The van der Waals surface area contributed by atoms with Crippen LogP contribution in [0.15, 0.2) is 73.4 Å². The Bertz CT molecular complexity index is 2180. The number of rotatable bonds is 7. The molecule has 0 saturated carbocycles. The number of pyridine rings is 4. The number of aromatic nitrogens is 10. The lowest BCUT2D eigenvalue weighted by Crippen LogP contribution is -2.00. The van der Waals surface area contributed by atoms with Gasteiger partial charge in [0.05, 0.1) is 39.7 Å². The second kappa shape index (κ2) is 13.6. The Kier molecular flexibility index (Phi) is 9.17. The molecule has 7 rings (SSSR count). The molecule has 7 aromatic rings. The van der Waals surface area contributed by atoms with Crippen molar-refractivity contribution in [3.8, 4) is 22.3 Å². The molecule has 0 saturated heterocycles. The van der Waals surface area contributed by atoms with Crippen LogP contribution in [0.2, 0.25) is 5.15 Å². The van der Waals surface area contributed by atoms with E-state index in [1.54, 1.807) is 12.3 Å². The molecule has 1 N–H and O–H groups in total. The van der Waals surface area contributed by atoms with Crippen molar-refractivity contribution >= 4 is 45.3 Å². The lowest BCUT2D eigenvalue weighted by Gasteiger charge is -2.09. The Balaban J connectivity index is 0.000000177. The van der Waals surface area contributed by atoms with Crippen molar-refractivity contribution in [2.45, 2.75) is 46.5 Å². The Morgan fingerprint density at radius 2 is 1.28 bits per heavy atom. The van der Waals surface area contributed by atoms with E-state index in [9.17, 15) is 0 Å². The highest BCUT2D eigenvalue weighted by Gasteiger charge is 2.12. The number of aryl methyl sites for hydroxylation is 4. The van der Waals surface area contributed by atoms with Crippen LogP contribution < -0.4 is 5.32 Å². The van der Waals surface area contributed by atoms with E-state index in [2.05, 4.69) is 74.4 Å². The maximum absolute atomic E-state index is 5.92. The predicted octanol–water partition coefficient (Wildman–Crippen LogP) is 7.50. The summed E-state index contributed by atoms with van der Waals surface area (Å²) in [6.07, 6.45) is 11.3. The Labute approximate surface area is 278 Å². The zero-order valence-corrected chi connectivity index (χ0v) is 28.0. The third-order valence-electron chi connectivity index (χ3n) is 7.74. The van der Waals surface area contributed by atoms with Crippen molar-refractivity contribution in [3.63, 3.8) is 0 Å². The van der Waals surface area contributed by atoms with Gasteiger partial charge in [0.2, 0.25) is 0 Å². The fourth-order valence-electron chi connectivity index (χ4n) is 5.32. The fraction of sp³-hybridized carbons (Fsp3) is 0.257. The molecule has 0 radical (unpaired) electrons. The second-order valence-electron chi connectivity index (χ2n) is 11.5. The van der Waals surface area contributed by atoms with Crippen LogP contribution in [0.1, 0.15) is 50.6 Å². The maximum atomic E-state index is 5.92. The van der Waals surface area contributed by atoms with Gasteiger partial charge in [0.1, 0.15) is 11.0 Å². The van der Waals surface area contributed by atoms with Crippen LogP contribution in [0.3, 0.4) is 0 Å². The minimum atomic E-state index is 0.389. The smallest absolute Gasteiger partial charge is 0.154 e. The predicted molar refractivity (Wildman–Crippen MR) is 187 cm³/mol. The Hall–Kier alpha value is -5.29. The van der Waals surface area contributed by atoms with Crippen LogP contribution in [-0.4, -0.2) is 49.7 Å². The molecule has 0 bridgehead atoms. The van der Waals surface area contributed by atoms with Gasteiger partial charge in [0, 0.05) is 61.1 Å². The molecule has 0 spiro atoms. The first-order valence-corrected chi connectivity index (χ1v) is 15.9. The number of halogens is 1. The number of nitrogens with zero attached hydrogens (tertiary/aromatic N) is 10. The Morgan fingerprint density at radius 3 is 1.85 bits per heavy atom. The molecule has 11 nitrogen and oxygen atoms in total. The zero-order chi connectivity index (χ0) is 33.1. The monoisotopic (exact) mass is 645 g/mol. The third-order valence-corrected chi connectivity index (χ3v) is 7.95. The van der Waals surface area contributed by atoms with E-state index < -0.39 is 0 Å². The van der Waals surface area contributed by atoms with Gasteiger partial charge in [-0.25, -0.2) is 9.97 Å². The van der Waals surface area contributed by atoms with Crippen molar-refractivity contribution in [2.75, 3.05) is 5.32 Å². The topological polar surface area (TPSA) is 125 Å². The zero-order valence-electron chi connectivity index (χ0n) is 27.3. The molecule has 7 heterocycles. The van der Waals surface area contributed by atoms with E-state index in [0.29, 0.717) is 22.7 Å². The molecule has 0 aliphatic heterocycles. The van der Waals surface area contributed by atoms with Crippen molar-refractivity contribution in [3.05, 3.63) is 95.6 Å². The number of fused-ring (bicyclic) bond motifs is 2. The second-order valence-corrected chi connectivity index (χ2v) is 11.9. The van der Waals surface area contributed by atoms with Crippen LogP contribution in [0, 0.1) is 0 Å². The normalized spacial score (nSPS) is 11.2. The number of nitrogens with one attached hydrogen (secondary N) is 1. The summed E-state index contributed by atoms with van der Waals surface area (Å²) in [5.41, 5.74) is 10.8. The summed E-state index contributed by atoms with van der Waals surface area (Å²) in [7, 11) is 3.86. The lowest BCUT2D eigenvalue weighted by atomic mass is 10.1. The van der Waals surface area contributed by atoms with Crippen LogP contribution >= 0.6 is 11.6 Å². The lowest BCUT2D eigenvalue weighted by molar-refractivity contribution is 0.746. The SMILES string of the molecule is CCc1nn(C)cc1-c1cnc2ccc(Cl)nc2c1.CCc1nn(C)cc1-c1cnc2ccc(Nc3cc(C(C)C)cnn3)nc2c1. The fourth-order valence-corrected chi connectivity index (χ4v) is 5.47. The van der Waals surface area contributed by atoms with Gasteiger partial charge in [-0.1, -0.05) is 39.3 Å². The van der Waals surface area contributed by atoms with Gasteiger partial charge in [-0.3, -0.25) is 19.3 Å². The molecule has 0 aromatic carbocycles. The summed E-state index contributed by atoms with van der Waals surface area (Å²) in [5.74, 6) is 1.78. The van der Waals surface area contributed by atoms with Crippen molar-refractivity contribution in [1.82, 2.24) is 49.7 Å². The number of anilines is 2. The van der Waals surface area contributed by atoms with Gasteiger partial charge in [0.15, 0.2) is 5.82 Å². The van der Waals surface area contributed by atoms with Crippen LogP contribution in [0.5, 0.6) is 0 Å². The van der Waals surface area contributed by atoms with Crippen molar-refractivity contribution in [2.24, 2.45) is 14.1 Å². The van der Waals surface area contributed by atoms with E-state index >= 15 is 0 Å². The van der Waals surface area contributed by atoms with E-state index in [-0.39, 0.29) is 0 Å². The van der Waals surface area contributed by atoms with Gasteiger partial charge >= 0.3 is 0 Å². The number of hydrogen-bond donors (Lipinski definition) is 1. The maximum Gasteiger partial charge on any atom is 0.154 e. The van der Waals surface area contributed by atoms with E-state index in [1.165, 1.54) is 0 Å². The average molecular weight is 646 g/mol. The molecule has 0 aliphatic rings. The first-order chi connectivity index (χ1) is 22.7. The van der Waals surface area contributed by atoms with Gasteiger partial charge < -0.3 is 5.32 Å².